The van der Waals surface area contributed by atoms with Gasteiger partial charge in [-0.1, -0.05) is 18.2 Å². The number of carbonyl (C=O) groups is 1. The number of aromatic nitrogens is 1. The predicted octanol–water partition coefficient (Wildman–Crippen LogP) is 3.66. The van der Waals surface area contributed by atoms with E-state index in [1.807, 2.05) is 4.90 Å². The summed E-state index contributed by atoms with van der Waals surface area (Å²) in [5, 5.41) is 21.4. The van der Waals surface area contributed by atoms with Gasteiger partial charge in [-0.25, -0.2) is 4.98 Å². The van der Waals surface area contributed by atoms with Crippen molar-refractivity contribution in [1.29, 1.82) is 5.26 Å². The number of hydrogen-bond acceptors (Lipinski definition) is 7. The Bertz CT molecular complexity index is 1360. The van der Waals surface area contributed by atoms with Crippen LogP contribution in [0.15, 0.2) is 30.9 Å². The van der Waals surface area contributed by atoms with E-state index in [1.54, 1.807) is 18.2 Å². The lowest BCUT2D eigenvalue weighted by molar-refractivity contribution is -0.136. The van der Waals surface area contributed by atoms with Crippen molar-refractivity contribution in [3.8, 4) is 22.9 Å². The van der Waals surface area contributed by atoms with Crippen molar-refractivity contribution in [1.82, 2.24) is 19.7 Å². The molecular formula is C30H35ClN6O2. The number of rotatable bonds is 4. The first-order valence-corrected chi connectivity index (χ1v) is 14.2. The minimum absolute atomic E-state index is 0.0184. The Morgan fingerprint density at radius 2 is 2.10 bits per heavy atom. The zero-order valence-corrected chi connectivity index (χ0v) is 23.3. The second-order valence-electron chi connectivity index (χ2n) is 11.7. The number of phenols is 1. The van der Waals surface area contributed by atoms with Crippen LogP contribution in [-0.2, 0) is 17.8 Å². The van der Waals surface area contributed by atoms with E-state index in [1.165, 1.54) is 18.9 Å². The van der Waals surface area contributed by atoms with Crippen molar-refractivity contribution in [2.75, 3.05) is 57.8 Å². The van der Waals surface area contributed by atoms with E-state index in [0.717, 1.165) is 68.9 Å². The molecule has 1 amide bonds. The van der Waals surface area contributed by atoms with Crippen LogP contribution in [-0.4, -0.2) is 89.6 Å². The van der Waals surface area contributed by atoms with E-state index >= 15 is 0 Å². The molecule has 1 atom stereocenters. The summed E-state index contributed by atoms with van der Waals surface area (Å²) in [5.41, 5.74) is 4.07. The second kappa shape index (κ2) is 10.1. The lowest BCUT2D eigenvalue weighted by Crippen LogP contribution is -2.59. The Morgan fingerprint density at radius 1 is 1.28 bits per heavy atom. The van der Waals surface area contributed by atoms with E-state index in [2.05, 4.69) is 34.4 Å². The van der Waals surface area contributed by atoms with Crippen molar-refractivity contribution in [3.05, 3.63) is 52.7 Å². The second-order valence-corrected chi connectivity index (χ2v) is 12.1. The standard InChI is InChI=1S/C30H35ClN6O2/c1-3-27(39)37-18-30(19-37)9-12-36(17-30)29-24(14-32)28(23-13-21(38)6-7-25(23)31)22-8-11-35(16-26(22)33-29)20-5-4-10-34(2)15-20/h3,6-7,13,20,38H,1,4-5,8-12,15-19H2,2H3/t20-/m0/s1. The summed E-state index contributed by atoms with van der Waals surface area (Å²) in [4.78, 5) is 26.3. The van der Waals surface area contributed by atoms with Crippen molar-refractivity contribution in [2.24, 2.45) is 5.41 Å². The van der Waals surface area contributed by atoms with E-state index in [4.69, 9.17) is 16.6 Å². The van der Waals surface area contributed by atoms with Crippen molar-refractivity contribution in [3.63, 3.8) is 0 Å². The molecule has 2 aromatic rings. The first-order chi connectivity index (χ1) is 18.8. The van der Waals surface area contributed by atoms with Crippen molar-refractivity contribution >= 4 is 23.3 Å². The van der Waals surface area contributed by atoms with Gasteiger partial charge in [0.1, 0.15) is 23.2 Å². The van der Waals surface area contributed by atoms with Gasteiger partial charge < -0.3 is 19.8 Å². The molecule has 0 aliphatic carbocycles. The van der Waals surface area contributed by atoms with Crippen LogP contribution < -0.4 is 4.90 Å². The summed E-state index contributed by atoms with van der Waals surface area (Å²) in [6.45, 7) is 10.4. The van der Waals surface area contributed by atoms with Gasteiger partial charge in [0.25, 0.3) is 0 Å². The number of carbonyl (C=O) groups excluding carboxylic acids is 1. The number of piperidine rings is 1. The fraction of sp³-hybridized carbons (Fsp3) is 0.500. The zero-order valence-electron chi connectivity index (χ0n) is 22.5. The normalized spacial score (nSPS) is 22.8. The molecule has 8 nitrogen and oxygen atoms in total. The van der Waals surface area contributed by atoms with Crippen LogP contribution in [0.3, 0.4) is 0 Å². The predicted molar refractivity (Wildman–Crippen MR) is 152 cm³/mol. The Balaban J connectivity index is 1.40. The van der Waals surface area contributed by atoms with Gasteiger partial charge in [0, 0.05) is 73.4 Å². The minimum Gasteiger partial charge on any atom is -0.508 e. The third-order valence-electron chi connectivity index (χ3n) is 9.09. The lowest BCUT2D eigenvalue weighted by atomic mass is 9.79. The summed E-state index contributed by atoms with van der Waals surface area (Å²) in [6.07, 6.45) is 5.48. The molecule has 4 aliphatic rings. The van der Waals surface area contributed by atoms with Gasteiger partial charge in [-0.05, 0) is 69.1 Å². The number of pyridine rings is 1. The molecule has 1 N–H and O–H groups in total. The molecular weight excluding hydrogens is 512 g/mol. The summed E-state index contributed by atoms with van der Waals surface area (Å²) in [5.74, 6) is 0.784. The fourth-order valence-electron chi connectivity index (χ4n) is 7.09. The quantitative estimate of drug-likeness (QED) is 0.586. The van der Waals surface area contributed by atoms with E-state index in [9.17, 15) is 15.2 Å². The van der Waals surface area contributed by atoms with Crippen LogP contribution in [0.2, 0.25) is 5.02 Å². The highest BCUT2D eigenvalue weighted by atomic mass is 35.5. The zero-order chi connectivity index (χ0) is 27.3. The molecule has 6 rings (SSSR count). The maximum absolute atomic E-state index is 12.1. The number of nitriles is 1. The maximum Gasteiger partial charge on any atom is 0.245 e. The van der Waals surface area contributed by atoms with Gasteiger partial charge in [0.05, 0.1) is 5.69 Å². The van der Waals surface area contributed by atoms with Gasteiger partial charge in [-0.3, -0.25) is 9.69 Å². The highest BCUT2D eigenvalue weighted by Gasteiger charge is 2.49. The molecule has 1 aromatic heterocycles. The van der Waals surface area contributed by atoms with E-state index in [-0.39, 0.29) is 17.1 Å². The molecule has 0 radical (unpaired) electrons. The van der Waals surface area contributed by atoms with Crippen LogP contribution in [0.25, 0.3) is 11.1 Å². The van der Waals surface area contributed by atoms with Crippen LogP contribution >= 0.6 is 11.6 Å². The van der Waals surface area contributed by atoms with Gasteiger partial charge >= 0.3 is 0 Å². The van der Waals surface area contributed by atoms with E-state index < -0.39 is 0 Å². The number of amides is 1. The summed E-state index contributed by atoms with van der Waals surface area (Å²) in [6, 6.07) is 7.90. The third-order valence-corrected chi connectivity index (χ3v) is 9.42. The average Bonchev–Trinajstić information content (AvgIpc) is 3.38. The van der Waals surface area contributed by atoms with Gasteiger partial charge in [-0.2, -0.15) is 5.26 Å². The summed E-state index contributed by atoms with van der Waals surface area (Å²) < 4.78 is 0. The molecule has 3 fully saturated rings. The third kappa shape index (κ3) is 4.67. The van der Waals surface area contributed by atoms with E-state index in [0.29, 0.717) is 41.1 Å². The molecule has 39 heavy (non-hydrogen) atoms. The molecule has 0 bridgehead atoms. The van der Waals surface area contributed by atoms with Gasteiger partial charge in [0.2, 0.25) is 5.91 Å². The molecule has 0 unspecified atom stereocenters. The maximum atomic E-state index is 12.1. The average molecular weight is 547 g/mol. The first-order valence-electron chi connectivity index (χ1n) is 13.8. The summed E-state index contributed by atoms with van der Waals surface area (Å²) >= 11 is 6.70. The number of phenolic OH excluding ortho intramolecular Hbond substituents is 1. The molecule has 1 aromatic carbocycles. The van der Waals surface area contributed by atoms with Crippen molar-refractivity contribution in [2.45, 2.75) is 38.3 Å². The topological polar surface area (TPSA) is 86.9 Å². The highest BCUT2D eigenvalue weighted by Crippen LogP contribution is 2.45. The number of hydrogen-bond donors (Lipinski definition) is 1. The Kier molecular flexibility index (Phi) is 6.78. The first kappa shape index (κ1) is 26.1. The van der Waals surface area contributed by atoms with Gasteiger partial charge in [-0.15, -0.1) is 0 Å². The number of benzene rings is 1. The molecule has 1 spiro atoms. The molecule has 204 valence electrons. The van der Waals surface area contributed by atoms with Crippen LogP contribution in [0, 0.1) is 16.7 Å². The summed E-state index contributed by atoms with van der Waals surface area (Å²) in [7, 11) is 2.19. The molecule has 3 saturated heterocycles. The van der Waals surface area contributed by atoms with Crippen LogP contribution in [0.1, 0.15) is 36.1 Å². The SMILES string of the molecule is C=CC(=O)N1CC2(CCN(c3nc4c(c(-c5cc(O)ccc5Cl)c3C#N)CCN([C@H]3CCCN(C)C3)C4)C2)C1. The molecule has 0 saturated carbocycles. The number of likely N-dealkylation sites (N-methyl/N-ethyl adjacent to an activating group) is 1. The van der Waals surface area contributed by atoms with Gasteiger partial charge in [0.15, 0.2) is 0 Å². The minimum atomic E-state index is -0.0297. The Hall–Kier alpha value is -3.12. The molecule has 5 heterocycles. The fourth-order valence-corrected chi connectivity index (χ4v) is 7.31. The lowest BCUT2D eigenvalue weighted by Gasteiger charge is -2.47. The van der Waals surface area contributed by atoms with Crippen molar-refractivity contribution < 1.29 is 9.90 Å². The number of halogens is 1. The van der Waals surface area contributed by atoms with Crippen LogP contribution in [0.5, 0.6) is 5.75 Å². The molecule has 4 aliphatic heterocycles. The van der Waals surface area contributed by atoms with Crippen LogP contribution in [0.4, 0.5) is 5.82 Å². The highest BCUT2D eigenvalue weighted by molar-refractivity contribution is 6.33. The molecule has 9 heteroatoms. The number of aromatic hydroxyl groups is 1. The smallest absolute Gasteiger partial charge is 0.245 e. The number of likely N-dealkylation sites (tertiary alicyclic amines) is 2. The monoisotopic (exact) mass is 546 g/mol. The number of anilines is 1. The number of nitrogens with zero attached hydrogens (tertiary/aromatic N) is 6. The number of fused-ring (bicyclic) bond motifs is 1. The largest absolute Gasteiger partial charge is 0.508 e. The Morgan fingerprint density at radius 3 is 2.85 bits per heavy atom. The Labute approximate surface area is 235 Å².